The first kappa shape index (κ1) is 26.7. The monoisotopic (exact) mass is 469 g/mol. The van der Waals surface area contributed by atoms with Crippen molar-refractivity contribution in [3.8, 4) is 5.75 Å². The molecule has 0 radical (unpaired) electrons. The number of nitrogens with one attached hydrogen (secondary N) is 3. The third-order valence-corrected chi connectivity index (χ3v) is 4.57. The van der Waals surface area contributed by atoms with E-state index in [9.17, 15) is 14.4 Å². The normalized spacial score (nSPS) is 11.4. The van der Waals surface area contributed by atoms with Gasteiger partial charge < -0.3 is 25.4 Å². The predicted molar refractivity (Wildman–Crippen MR) is 133 cm³/mol. The Balaban J connectivity index is 1.97. The summed E-state index contributed by atoms with van der Waals surface area (Å²) in [6.45, 7) is 13.0. The molecule has 0 fully saturated rings. The average Bonchev–Trinajstić information content (AvgIpc) is 2.71. The Morgan fingerprint density at radius 1 is 0.853 bits per heavy atom. The number of hydrogen-bond acceptors (Lipinski definition) is 5. The Hall–Kier alpha value is -3.55. The number of rotatable bonds is 7. The Labute approximate surface area is 201 Å². The van der Waals surface area contributed by atoms with Crippen molar-refractivity contribution in [2.24, 2.45) is 0 Å². The fourth-order valence-electron chi connectivity index (χ4n) is 3.05. The van der Waals surface area contributed by atoms with Gasteiger partial charge in [0, 0.05) is 0 Å². The maximum atomic E-state index is 12.6. The molecule has 0 aliphatic rings. The molecule has 0 saturated carbocycles. The number of ether oxygens (including phenoxy) is 2. The van der Waals surface area contributed by atoms with Crippen molar-refractivity contribution < 1.29 is 23.9 Å². The summed E-state index contributed by atoms with van der Waals surface area (Å²) < 4.78 is 10.9. The first-order valence-electron chi connectivity index (χ1n) is 11.1. The zero-order chi connectivity index (χ0) is 25.5. The lowest BCUT2D eigenvalue weighted by Gasteiger charge is -2.23. The van der Waals surface area contributed by atoms with Crippen LogP contribution in [0.2, 0.25) is 0 Å². The van der Waals surface area contributed by atoms with Crippen molar-refractivity contribution >= 4 is 29.3 Å². The van der Waals surface area contributed by atoms with Crippen molar-refractivity contribution in [1.29, 1.82) is 0 Å². The van der Waals surface area contributed by atoms with Gasteiger partial charge in [0.2, 0.25) is 5.91 Å². The fraction of sp³-hybridized carbons (Fsp3) is 0.423. The van der Waals surface area contributed by atoms with E-state index in [-0.39, 0.29) is 24.5 Å². The second-order valence-corrected chi connectivity index (χ2v) is 10.0. The van der Waals surface area contributed by atoms with E-state index in [2.05, 4.69) is 42.8 Å². The van der Waals surface area contributed by atoms with E-state index in [1.54, 1.807) is 45.0 Å². The van der Waals surface area contributed by atoms with Crippen LogP contribution >= 0.6 is 0 Å². The first-order valence-corrected chi connectivity index (χ1v) is 11.1. The van der Waals surface area contributed by atoms with Crippen LogP contribution in [0.15, 0.2) is 42.5 Å². The SMILES string of the molecule is Cc1ccc(OCC(=O)Nc2ccccc2NC(=O)CNC(=O)OC(C)(C)C)c(C(C)(C)C)c1. The minimum absolute atomic E-state index is 0.137. The summed E-state index contributed by atoms with van der Waals surface area (Å²) >= 11 is 0. The molecule has 0 saturated heterocycles. The lowest BCUT2D eigenvalue weighted by atomic mass is 9.85. The molecule has 0 aliphatic heterocycles. The average molecular weight is 470 g/mol. The predicted octanol–water partition coefficient (Wildman–Crippen LogP) is 4.77. The highest BCUT2D eigenvalue weighted by Crippen LogP contribution is 2.32. The van der Waals surface area contributed by atoms with Gasteiger partial charge in [-0.05, 0) is 56.9 Å². The largest absolute Gasteiger partial charge is 0.483 e. The first-order chi connectivity index (χ1) is 15.7. The van der Waals surface area contributed by atoms with E-state index in [0.29, 0.717) is 17.1 Å². The fourth-order valence-corrected chi connectivity index (χ4v) is 3.05. The summed E-state index contributed by atoms with van der Waals surface area (Å²) in [6, 6.07) is 12.7. The summed E-state index contributed by atoms with van der Waals surface area (Å²) in [5.41, 5.74) is 2.16. The number of hydrogen-bond donors (Lipinski definition) is 3. The molecule has 3 amide bonds. The molecule has 0 aromatic heterocycles. The molecule has 0 bridgehead atoms. The molecule has 184 valence electrons. The van der Waals surface area contributed by atoms with E-state index in [4.69, 9.17) is 9.47 Å². The van der Waals surface area contributed by atoms with E-state index in [1.165, 1.54) is 0 Å². The molecule has 2 rings (SSSR count). The molecule has 3 N–H and O–H groups in total. The Kier molecular flexibility index (Phi) is 8.68. The Bertz CT molecular complexity index is 1040. The van der Waals surface area contributed by atoms with Gasteiger partial charge in [-0.1, -0.05) is 50.6 Å². The number of carbonyl (C=O) groups is 3. The van der Waals surface area contributed by atoms with Gasteiger partial charge in [-0.2, -0.15) is 0 Å². The van der Waals surface area contributed by atoms with Crippen LogP contribution in [-0.4, -0.2) is 36.7 Å². The standard InChI is InChI=1S/C26H35N3O5/c1-17-12-13-21(18(14-17)25(2,3)4)33-16-23(31)29-20-11-9-8-10-19(20)28-22(30)15-27-24(32)34-26(5,6)7/h8-14H,15-16H2,1-7H3,(H,27,32)(H,28,30)(H,29,31). The molecule has 2 aromatic carbocycles. The second-order valence-electron chi connectivity index (χ2n) is 10.0. The van der Waals surface area contributed by atoms with Crippen LogP contribution in [0, 0.1) is 6.92 Å². The molecule has 8 nitrogen and oxygen atoms in total. The molecule has 2 aromatic rings. The number of carbonyl (C=O) groups excluding carboxylic acids is 3. The van der Waals surface area contributed by atoms with E-state index in [0.717, 1.165) is 11.1 Å². The van der Waals surface area contributed by atoms with Crippen molar-refractivity contribution in [3.05, 3.63) is 53.6 Å². The van der Waals surface area contributed by atoms with E-state index < -0.39 is 17.6 Å². The Morgan fingerprint density at radius 3 is 2.00 bits per heavy atom. The Morgan fingerprint density at radius 2 is 1.44 bits per heavy atom. The van der Waals surface area contributed by atoms with Crippen LogP contribution in [0.1, 0.15) is 52.7 Å². The van der Waals surface area contributed by atoms with Gasteiger partial charge in [0.05, 0.1) is 11.4 Å². The third kappa shape index (κ3) is 8.77. The van der Waals surface area contributed by atoms with Gasteiger partial charge in [-0.15, -0.1) is 0 Å². The maximum absolute atomic E-state index is 12.6. The second kappa shape index (κ2) is 11.0. The minimum Gasteiger partial charge on any atom is -0.483 e. The zero-order valence-corrected chi connectivity index (χ0v) is 21.0. The number of anilines is 2. The lowest BCUT2D eigenvalue weighted by Crippen LogP contribution is -2.37. The number of aryl methyl sites for hydroxylation is 1. The molecule has 0 heterocycles. The molecule has 0 unspecified atom stereocenters. The smallest absolute Gasteiger partial charge is 0.408 e. The number of amides is 3. The summed E-state index contributed by atoms with van der Waals surface area (Å²) in [5.74, 6) is -0.171. The van der Waals surface area contributed by atoms with Crippen LogP contribution in [0.25, 0.3) is 0 Å². The van der Waals surface area contributed by atoms with E-state index >= 15 is 0 Å². The third-order valence-electron chi connectivity index (χ3n) is 4.57. The van der Waals surface area contributed by atoms with Gasteiger partial charge >= 0.3 is 6.09 Å². The van der Waals surface area contributed by atoms with Gasteiger partial charge in [-0.3, -0.25) is 9.59 Å². The highest BCUT2D eigenvalue weighted by Gasteiger charge is 2.20. The minimum atomic E-state index is -0.688. The molecule has 0 atom stereocenters. The van der Waals surface area contributed by atoms with Crippen molar-refractivity contribution in [2.75, 3.05) is 23.8 Å². The van der Waals surface area contributed by atoms with Crippen molar-refractivity contribution in [2.45, 2.75) is 59.5 Å². The number of para-hydroxylation sites is 2. The quantitative estimate of drug-likeness (QED) is 0.541. The number of benzene rings is 2. The highest BCUT2D eigenvalue weighted by molar-refractivity contribution is 6.01. The molecule has 34 heavy (non-hydrogen) atoms. The van der Waals surface area contributed by atoms with Crippen LogP contribution in [0.4, 0.5) is 16.2 Å². The van der Waals surface area contributed by atoms with Crippen molar-refractivity contribution in [1.82, 2.24) is 5.32 Å². The number of alkyl carbamates (subject to hydrolysis) is 1. The topological polar surface area (TPSA) is 106 Å². The van der Waals surface area contributed by atoms with Gasteiger partial charge in [-0.25, -0.2) is 4.79 Å². The summed E-state index contributed by atoms with van der Waals surface area (Å²) in [6.07, 6.45) is -0.688. The molecular weight excluding hydrogens is 434 g/mol. The lowest BCUT2D eigenvalue weighted by molar-refractivity contribution is -0.118. The van der Waals surface area contributed by atoms with Gasteiger partial charge in [0.25, 0.3) is 5.91 Å². The molecule has 0 spiro atoms. The molecule has 0 aliphatic carbocycles. The zero-order valence-electron chi connectivity index (χ0n) is 21.0. The summed E-state index contributed by atoms with van der Waals surface area (Å²) in [4.78, 5) is 36.6. The molecule has 8 heteroatoms. The van der Waals surface area contributed by atoms with E-state index in [1.807, 2.05) is 19.1 Å². The van der Waals surface area contributed by atoms with Crippen molar-refractivity contribution in [3.63, 3.8) is 0 Å². The van der Waals surface area contributed by atoms with Gasteiger partial charge in [0.1, 0.15) is 17.9 Å². The molecular formula is C26H35N3O5. The highest BCUT2D eigenvalue weighted by atomic mass is 16.6. The van der Waals surface area contributed by atoms with Crippen LogP contribution in [-0.2, 0) is 19.7 Å². The van der Waals surface area contributed by atoms with Crippen LogP contribution < -0.4 is 20.7 Å². The van der Waals surface area contributed by atoms with Crippen LogP contribution in [0.3, 0.4) is 0 Å². The maximum Gasteiger partial charge on any atom is 0.408 e. The van der Waals surface area contributed by atoms with Gasteiger partial charge in [0.15, 0.2) is 6.61 Å². The summed E-state index contributed by atoms with van der Waals surface area (Å²) in [5, 5.41) is 7.84. The summed E-state index contributed by atoms with van der Waals surface area (Å²) in [7, 11) is 0. The van der Waals surface area contributed by atoms with Crippen LogP contribution in [0.5, 0.6) is 5.75 Å².